The minimum Gasteiger partial charge on any atom is -0.481 e. The lowest BCUT2D eigenvalue weighted by atomic mass is 9.82. The Hall–Kier alpha value is -1.04. The first-order valence-electron chi connectivity index (χ1n) is 3.86. The molecule has 0 heterocycles. The minimum atomic E-state index is -0.745. The van der Waals surface area contributed by atoms with E-state index in [1.165, 1.54) is 0 Å². The van der Waals surface area contributed by atoms with E-state index >= 15 is 0 Å². The highest BCUT2D eigenvalue weighted by Gasteiger charge is 2.26. The van der Waals surface area contributed by atoms with Crippen molar-refractivity contribution in [3.63, 3.8) is 0 Å². The van der Waals surface area contributed by atoms with E-state index in [1.54, 1.807) is 0 Å². The molecule has 1 rings (SSSR count). The second-order valence-corrected chi connectivity index (χ2v) is 3.03. The van der Waals surface area contributed by atoms with Gasteiger partial charge in [0.2, 0.25) is 0 Å². The van der Waals surface area contributed by atoms with Crippen LogP contribution in [0.1, 0.15) is 25.7 Å². The van der Waals surface area contributed by atoms with E-state index in [2.05, 4.69) is 6.07 Å². The molecule has 60 valence electrons. The molecule has 11 heavy (non-hydrogen) atoms. The van der Waals surface area contributed by atoms with Crippen LogP contribution in [0.4, 0.5) is 0 Å². The number of rotatable bonds is 1. The molecule has 0 spiro atoms. The Morgan fingerprint density at radius 1 is 1.55 bits per heavy atom. The van der Waals surface area contributed by atoms with E-state index in [0.29, 0.717) is 6.42 Å². The highest BCUT2D eigenvalue weighted by Crippen LogP contribution is 2.28. The largest absolute Gasteiger partial charge is 0.481 e. The fourth-order valence-electron chi connectivity index (χ4n) is 1.53. The fraction of sp³-hybridized carbons (Fsp3) is 0.750. The molecule has 1 N–H and O–H groups in total. The summed E-state index contributed by atoms with van der Waals surface area (Å²) in [4.78, 5) is 10.5. The van der Waals surface area contributed by atoms with Crippen LogP contribution in [0.5, 0.6) is 0 Å². The molecule has 1 aliphatic rings. The van der Waals surface area contributed by atoms with Crippen LogP contribution < -0.4 is 0 Å². The van der Waals surface area contributed by atoms with Crippen molar-refractivity contribution in [2.75, 3.05) is 0 Å². The molecule has 0 unspecified atom stereocenters. The quantitative estimate of drug-likeness (QED) is 0.619. The van der Waals surface area contributed by atoms with Crippen molar-refractivity contribution in [3.8, 4) is 6.07 Å². The highest BCUT2D eigenvalue weighted by atomic mass is 16.4. The van der Waals surface area contributed by atoms with Crippen molar-refractivity contribution in [1.29, 1.82) is 5.26 Å². The van der Waals surface area contributed by atoms with Gasteiger partial charge in [-0.15, -0.1) is 0 Å². The molecule has 2 atom stereocenters. The molecule has 0 aromatic heterocycles. The first kappa shape index (κ1) is 8.06. The summed E-state index contributed by atoms with van der Waals surface area (Å²) in [6.07, 6.45) is 3.05. The lowest BCUT2D eigenvalue weighted by Gasteiger charge is -2.21. The third-order valence-electron chi connectivity index (χ3n) is 2.21. The molecule has 3 nitrogen and oxygen atoms in total. The summed E-state index contributed by atoms with van der Waals surface area (Å²) in [5, 5.41) is 17.2. The van der Waals surface area contributed by atoms with E-state index in [4.69, 9.17) is 10.4 Å². The van der Waals surface area contributed by atoms with Crippen LogP contribution >= 0.6 is 0 Å². The summed E-state index contributed by atoms with van der Waals surface area (Å²) in [5.74, 6) is -1.04. The number of carboxylic acids is 1. The molecule has 0 aliphatic heterocycles. The number of hydrogen-bond donors (Lipinski definition) is 1. The average Bonchev–Trinajstić information content (AvgIpc) is 2.05. The van der Waals surface area contributed by atoms with Crippen LogP contribution in [-0.4, -0.2) is 11.1 Å². The Balaban J connectivity index is 2.47. The molecule has 0 amide bonds. The molecule has 0 radical (unpaired) electrons. The number of carbonyl (C=O) groups is 1. The smallest absolute Gasteiger partial charge is 0.306 e. The molecule has 0 aromatic rings. The predicted octanol–water partition coefficient (Wildman–Crippen LogP) is 1.40. The molecule has 1 aliphatic carbocycles. The topological polar surface area (TPSA) is 61.1 Å². The molecular formula is C8H11NO2. The van der Waals surface area contributed by atoms with Crippen molar-refractivity contribution in [1.82, 2.24) is 0 Å². The van der Waals surface area contributed by atoms with E-state index in [0.717, 1.165) is 19.3 Å². The van der Waals surface area contributed by atoms with Crippen LogP contribution in [0.15, 0.2) is 0 Å². The number of carboxylic acid groups (broad SMARTS) is 1. The molecular weight excluding hydrogens is 142 g/mol. The second-order valence-electron chi connectivity index (χ2n) is 3.03. The standard InChI is InChI=1S/C8H11NO2/c9-5-6-2-1-3-7(4-6)8(10)11/h6-7H,1-4H2,(H,10,11)/t6-,7+/m0/s1. The zero-order chi connectivity index (χ0) is 8.27. The Morgan fingerprint density at radius 3 is 2.82 bits per heavy atom. The molecule has 3 heteroatoms. The number of nitriles is 1. The molecule has 0 saturated heterocycles. The van der Waals surface area contributed by atoms with Crippen LogP contribution in [0.2, 0.25) is 0 Å². The first-order valence-corrected chi connectivity index (χ1v) is 3.86. The van der Waals surface area contributed by atoms with Gasteiger partial charge in [0.05, 0.1) is 12.0 Å². The van der Waals surface area contributed by atoms with Gasteiger partial charge in [-0.3, -0.25) is 4.79 Å². The van der Waals surface area contributed by atoms with Crippen LogP contribution in [0, 0.1) is 23.2 Å². The molecule has 0 aromatic carbocycles. The zero-order valence-corrected chi connectivity index (χ0v) is 6.29. The lowest BCUT2D eigenvalue weighted by molar-refractivity contribution is -0.143. The van der Waals surface area contributed by atoms with Crippen molar-refractivity contribution in [3.05, 3.63) is 0 Å². The Morgan fingerprint density at radius 2 is 2.27 bits per heavy atom. The average molecular weight is 153 g/mol. The number of aliphatic carboxylic acids is 1. The second kappa shape index (κ2) is 3.38. The number of hydrogen-bond acceptors (Lipinski definition) is 2. The van der Waals surface area contributed by atoms with Crippen LogP contribution in [-0.2, 0) is 4.79 Å². The van der Waals surface area contributed by atoms with Gasteiger partial charge in [-0.1, -0.05) is 6.42 Å². The van der Waals surface area contributed by atoms with E-state index < -0.39 is 5.97 Å². The van der Waals surface area contributed by atoms with Crippen LogP contribution in [0.3, 0.4) is 0 Å². The van der Waals surface area contributed by atoms with E-state index in [9.17, 15) is 4.79 Å². The number of nitrogens with zero attached hydrogens (tertiary/aromatic N) is 1. The maximum atomic E-state index is 10.5. The third kappa shape index (κ3) is 1.94. The van der Waals surface area contributed by atoms with Crippen molar-refractivity contribution < 1.29 is 9.90 Å². The van der Waals surface area contributed by atoms with Crippen molar-refractivity contribution >= 4 is 5.97 Å². The Bertz CT molecular complexity index is 195. The van der Waals surface area contributed by atoms with E-state index in [-0.39, 0.29) is 11.8 Å². The maximum Gasteiger partial charge on any atom is 0.306 e. The SMILES string of the molecule is N#C[C@H]1CCC[C@@H](C(=O)O)C1. The predicted molar refractivity (Wildman–Crippen MR) is 38.7 cm³/mol. The minimum absolute atomic E-state index is 0.0233. The monoisotopic (exact) mass is 153 g/mol. The van der Waals surface area contributed by atoms with Gasteiger partial charge in [-0.25, -0.2) is 0 Å². The summed E-state index contributed by atoms with van der Waals surface area (Å²) >= 11 is 0. The normalized spacial score (nSPS) is 30.8. The Labute approximate surface area is 65.6 Å². The third-order valence-corrected chi connectivity index (χ3v) is 2.21. The molecule has 1 fully saturated rings. The Kier molecular flexibility index (Phi) is 2.48. The van der Waals surface area contributed by atoms with Gasteiger partial charge < -0.3 is 5.11 Å². The summed E-state index contributed by atoms with van der Waals surface area (Å²) < 4.78 is 0. The first-order chi connectivity index (χ1) is 5.24. The summed E-state index contributed by atoms with van der Waals surface area (Å²) in [5.41, 5.74) is 0. The molecule has 1 saturated carbocycles. The molecule has 0 bridgehead atoms. The lowest BCUT2D eigenvalue weighted by Crippen LogP contribution is -2.21. The summed E-state index contributed by atoms with van der Waals surface area (Å²) in [6, 6.07) is 2.13. The summed E-state index contributed by atoms with van der Waals surface area (Å²) in [7, 11) is 0. The van der Waals surface area contributed by atoms with Gasteiger partial charge in [0, 0.05) is 5.92 Å². The van der Waals surface area contributed by atoms with Gasteiger partial charge in [0.1, 0.15) is 0 Å². The fourth-order valence-corrected chi connectivity index (χ4v) is 1.53. The van der Waals surface area contributed by atoms with Gasteiger partial charge in [-0.05, 0) is 19.3 Å². The van der Waals surface area contributed by atoms with Gasteiger partial charge in [0.25, 0.3) is 0 Å². The van der Waals surface area contributed by atoms with Crippen molar-refractivity contribution in [2.24, 2.45) is 11.8 Å². The van der Waals surface area contributed by atoms with Gasteiger partial charge >= 0.3 is 5.97 Å². The van der Waals surface area contributed by atoms with Crippen molar-refractivity contribution in [2.45, 2.75) is 25.7 Å². The maximum absolute atomic E-state index is 10.5. The van der Waals surface area contributed by atoms with Crippen LogP contribution in [0.25, 0.3) is 0 Å². The zero-order valence-electron chi connectivity index (χ0n) is 6.29. The van der Waals surface area contributed by atoms with Gasteiger partial charge in [0.15, 0.2) is 0 Å². The van der Waals surface area contributed by atoms with Gasteiger partial charge in [-0.2, -0.15) is 5.26 Å². The highest BCUT2D eigenvalue weighted by molar-refractivity contribution is 5.70. The summed E-state index contributed by atoms with van der Waals surface area (Å²) in [6.45, 7) is 0. The van der Waals surface area contributed by atoms with E-state index in [1.807, 2.05) is 0 Å².